The van der Waals surface area contributed by atoms with Crippen molar-refractivity contribution in [2.75, 3.05) is 0 Å². The highest BCUT2D eigenvalue weighted by molar-refractivity contribution is 7.32. The van der Waals surface area contributed by atoms with Crippen molar-refractivity contribution >= 4 is 8.25 Å². The summed E-state index contributed by atoms with van der Waals surface area (Å²) in [6, 6.07) is 0. The summed E-state index contributed by atoms with van der Waals surface area (Å²) in [5.74, 6) is 0. The Bertz CT molecular complexity index is 205. The molecule has 0 aromatic heterocycles. The van der Waals surface area contributed by atoms with Gasteiger partial charge in [0.15, 0.2) is 12.3 Å². The van der Waals surface area contributed by atoms with Gasteiger partial charge in [0.2, 0.25) is 0 Å². The molecule has 0 bridgehead atoms. The number of hydrogen-bond acceptors (Lipinski definition) is 3. The minimum Gasteiger partial charge on any atom is -0.369 e. The second-order valence-corrected chi connectivity index (χ2v) is 3.32. The van der Waals surface area contributed by atoms with Crippen LogP contribution >= 0.6 is 8.25 Å². The van der Waals surface area contributed by atoms with Crippen molar-refractivity contribution < 1.29 is 24.5 Å². The van der Waals surface area contributed by atoms with Gasteiger partial charge < -0.3 is 4.74 Å². The molecule has 1 aliphatic rings. The van der Waals surface area contributed by atoms with Crippen LogP contribution in [0.2, 0.25) is 0 Å². The third-order valence-corrected chi connectivity index (χ3v) is 2.15. The number of hydrogen-bond donors (Lipinski definition) is 1. The molecular weight excluding hydrogens is 186 g/mol. The number of ether oxygens (including phenoxy) is 1. The van der Waals surface area contributed by atoms with E-state index < -0.39 is 32.7 Å². The molecule has 6 heteroatoms. The molecule has 70 valence electrons. The third-order valence-electron chi connectivity index (χ3n) is 1.73. The fourth-order valence-corrected chi connectivity index (χ4v) is 1.59. The third kappa shape index (κ3) is 1.98. The molecule has 0 saturated carbocycles. The van der Waals surface area contributed by atoms with Crippen molar-refractivity contribution in [3.8, 4) is 0 Å². The topological polar surface area (TPSA) is 55.8 Å². The van der Waals surface area contributed by atoms with Crippen LogP contribution in [0.1, 0.15) is 15.2 Å². The summed E-state index contributed by atoms with van der Waals surface area (Å²) < 4.78 is 40.0. The summed E-state index contributed by atoms with van der Waals surface area (Å²) >= 11 is 0. The highest BCUT2D eigenvalue weighted by atomic mass is 31.1. The summed E-state index contributed by atoms with van der Waals surface area (Å²) in [6.07, 6.45) is -3.98. The van der Waals surface area contributed by atoms with E-state index in [0.717, 1.165) is 0 Å². The number of alkyl halides is 1. The van der Waals surface area contributed by atoms with Crippen molar-refractivity contribution in [2.24, 2.45) is 0 Å². The van der Waals surface area contributed by atoms with Gasteiger partial charge in [-0.2, -0.15) is 0 Å². The lowest BCUT2D eigenvalue weighted by atomic mass is 10.1. The lowest BCUT2D eigenvalue weighted by Gasteiger charge is -2.06. The molecule has 0 aromatic carbocycles. The fraction of sp³-hybridized carbons (Fsp3) is 1.00. The summed E-state index contributed by atoms with van der Waals surface area (Å²) in [4.78, 5) is 8.43. The molecule has 1 aliphatic heterocycles. The van der Waals surface area contributed by atoms with E-state index in [2.05, 4.69) is 4.52 Å². The zero-order valence-corrected chi connectivity index (χ0v) is 7.41. The Balaban J connectivity index is 2.62. The molecule has 0 amide bonds. The maximum Gasteiger partial charge on any atom is 0.695 e. The van der Waals surface area contributed by atoms with Crippen LogP contribution in [0.3, 0.4) is 0 Å². The van der Waals surface area contributed by atoms with E-state index in [4.69, 9.17) is 11.0 Å². The Morgan fingerprint density at radius 3 is 2.92 bits per heavy atom. The summed E-state index contributed by atoms with van der Waals surface area (Å²) in [5, 5.41) is 0. The molecule has 5 atom stereocenters. The Hall–Kier alpha value is -0.0900. The molecule has 1 heterocycles. The smallest absolute Gasteiger partial charge is 0.369 e. The van der Waals surface area contributed by atoms with E-state index in [1.807, 2.05) is 0 Å². The van der Waals surface area contributed by atoms with Crippen molar-refractivity contribution in [3.05, 3.63) is 0 Å². The predicted molar refractivity (Wildman–Crippen MR) is 39.6 cm³/mol. The summed E-state index contributed by atoms with van der Waals surface area (Å²) in [5.41, 5.74) is 0. The van der Waals surface area contributed by atoms with Crippen LogP contribution in [-0.2, 0) is 13.8 Å². The van der Waals surface area contributed by atoms with Crippen LogP contribution in [0.15, 0.2) is 0 Å². The average Bonchev–Trinajstić information content (AvgIpc) is 2.31. The molecule has 12 heavy (non-hydrogen) atoms. The molecule has 2 unspecified atom stereocenters. The molecule has 1 saturated heterocycles. The molecule has 1 fully saturated rings. The fourth-order valence-electron chi connectivity index (χ4n) is 1.13. The molecule has 1 rings (SSSR count). The van der Waals surface area contributed by atoms with Gasteiger partial charge in [-0.1, -0.05) is 0 Å². The van der Waals surface area contributed by atoms with Gasteiger partial charge >= 0.3 is 8.25 Å². The lowest BCUT2D eigenvalue weighted by Crippen LogP contribution is -2.28. The Labute approximate surface area is 72.0 Å². The van der Waals surface area contributed by atoms with Crippen LogP contribution in [-0.4, -0.2) is 29.4 Å². The van der Waals surface area contributed by atoms with Crippen LogP contribution in [0.25, 0.3) is 0 Å². The first-order valence-corrected chi connectivity index (χ1v) is 4.61. The highest BCUT2D eigenvalue weighted by Crippen LogP contribution is 2.32. The van der Waals surface area contributed by atoms with Gasteiger partial charge in [0.25, 0.3) is 0 Å². The van der Waals surface area contributed by atoms with Crippen LogP contribution < -0.4 is 0 Å². The average molecular weight is 198 g/mol. The largest absolute Gasteiger partial charge is 0.695 e. The minimum atomic E-state index is -2.84. The van der Waals surface area contributed by atoms with Gasteiger partial charge in [-0.05, 0) is 13.8 Å². The first-order chi connectivity index (χ1) is 6.06. The second kappa shape index (κ2) is 3.75. The number of halogens is 1. The Morgan fingerprint density at radius 1 is 1.75 bits per heavy atom. The maximum absolute atomic E-state index is 13.2. The van der Waals surface area contributed by atoms with Crippen molar-refractivity contribution in [1.29, 1.82) is 0 Å². The summed E-state index contributed by atoms with van der Waals surface area (Å²) in [7, 11) is -2.84. The molecule has 0 aromatic rings. The van der Waals surface area contributed by atoms with E-state index >= 15 is 0 Å². The van der Waals surface area contributed by atoms with Crippen LogP contribution in [0, 0.1) is 0 Å². The van der Waals surface area contributed by atoms with Gasteiger partial charge in [0.05, 0.1) is 12.2 Å². The quantitative estimate of drug-likeness (QED) is 0.676. The van der Waals surface area contributed by atoms with Crippen molar-refractivity contribution in [3.63, 3.8) is 0 Å². The molecule has 0 aliphatic carbocycles. The SMILES string of the molecule is [2H]C[C@H]1OC(C)[C@H](F)[C@@H]1O[P+](=O)O. The second-order valence-electron chi connectivity index (χ2n) is 2.63. The predicted octanol–water partition coefficient (Wildman–Crippen LogP) is 1.17. The first kappa shape index (κ1) is 8.51. The Kier molecular flexibility index (Phi) is 2.66. The van der Waals surface area contributed by atoms with Crippen LogP contribution in [0.4, 0.5) is 4.39 Å². The van der Waals surface area contributed by atoms with E-state index in [1.54, 1.807) is 0 Å². The maximum atomic E-state index is 13.2. The summed E-state index contributed by atoms with van der Waals surface area (Å²) in [6.45, 7) is 1.32. The van der Waals surface area contributed by atoms with Crippen LogP contribution in [0.5, 0.6) is 0 Å². The number of rotatable bonds is 2. The van der Waals surface area contributed by atoms with Gasteiger partial charge in [0, 0.05) is 5.94 Å². The van der Waals surface area contributed by atoms with Gasteiger partial charge in [-0.3, -0.25) is 0 Å². The minimum absolute atomic E-state index is 0.182. The van der Waals surface area contributed by atoms with Gasteiger partial charge in [-0.15, -0.1) is 9.42 Å². The lowest BCUT2D eigenvalue weighted by molar-refractivity contribution is 0.0343. The molecule has 1 N–H and O–H groups in total. The van der Waals surface area contributed by atoms with E-state index in [0.29, 0.717) is 0 Å². The van der Waals surface area contributed by atoms with Gasteiger partial charge in [0.1, 0.15) is 0 Å². The highest BCUT2D eigenvalue weighted by Gasteiger charge is 2.46. The molecule has 4 nitrogen and oxygen atoms in total. The van der Waals surface area contributed by atoms with Crippen molar-refractivity contribution in [2.45, 2.75) is 38.3 Å². The first-order valence-electron chi connectivity index (χ1n) is 4.18. The standard InChI is InChI=1S/C6H10FO4P/c1-3-5(7)6(4(2)10-3)11-12(8)9/h3-6H,1-2H3/p+1/t3?,4-,5+,6-/m1/s1/i2D. The molecule has 0 spiro atoms. The normalized spacial score (nSPS) is 44.2. The van der Waals surface area contributed by atoms with E-state index in [-0.39, 0.29) is 6.90 Å². The zero-order chi connectivity index (χ0) is 10.0. The molecular formula is C6H11FO4P+. The Morgan fingerprint density at radius 2 is 2.42 bits per heavy atom. The van der Waals surface area contributed by atoms with Gasteiger partial charge in [-0.25, -0.2) is 4.39 Å². The van der Waals surface area contributed by atoms with E-state index in [9.17, 15) is 8.96 Å². The monoisotopic (exact) mass is 198 g/mol. The van der Waals surface area contributed by atoms with E-state index in [1.165, 1.54) is 6.92 Å². The molecule has 0 radical (unpaired) electrons. The van der Waals surface area contributed by atoms with Crippen molar-refractivity contribution in [1.82, 2.24) is 0 Å². The zero-order valence-electron chi connectivity index (χ0n) is 7.51.